The van der Waals surface area contributed by atoms with Gasteiger partial charge in [0.1, 0.15) is 0 Å². The number of hydrogen-bond donors (Lipinski definition) is 1. The summed E-state index contributed by atoms with van der Waals surface area (Å²) in [6.07, 6.45) is 1.00. The van der Waals surface area contributed by atoms with E-state index in [0.29, 0.717) is 6.54 Å². The molecule has 2 amide bonds. The summed E-state index contributed by atoms with van der Waals surface area (Å²) in [6, 6.07) is 10.5. The SMILES string of the molecule is CN(C)CCCN1C(=O)NCC1c1ccccc1. The van der Waals surface area contributed by atoms with Gasteiger partial charge in [-0.2, -0.15) is 0 Å². The van der Waals surface area contributed by atoms with Crippen molar-refractivity contribution in [2.45, 2.75) is 12.5 Å². The molecule has 1 fully saturated rings. The molecule has 0 aromatic heterocycles. The lowest BCUT2D eigenvalue weighted by atomic mass is 10.1. The summed E-state index contributed by atoms with van der Waals surface area (Å²) in [5.74, 6) is 0. The zero-order chi connectivity index (χ0) is 13.0. The monoisotopic (exact) mass is 247 g/mol. The number of carbonyl (C=O) groups is 1. The third kappa shape index (κ3) is 3.01. The normalized spacial score (nSPS) is 19.4. The lowest BCUT2D eigenvalue weighted by molar-refractivity contribution is 0.200. The lowest BCUT2D eigenvalue weighted by Gasteiger charge is -2.24. The van der Waals surface area contributed by atoms with Gasteiger partial charge in [0, 0.05) is 13.1 Å². The second-order valence-electron chi connectivity index (χ2n) is 4.96. The Bertz CT molecular complexity index is 391. The average molecular weight is 247 g/mol. The van der Waals surface area contributed by atoms with E-state index >= 15 is 0 Å². The second-order valence-corrected chi connectivity index (χ2v) is 4.96. The quantitative estimate of drug-likeness (QED) is 0.859. The first-order valence-corrected chi connectivity index (χ1v) is 6.42. The Kier molecular flexibility index (Phi) is 4.20. The molecule has 1 saturated heterocycles. The molecule has 1 aromatic rings. The smallest absolute Gasteiger partial charge is 0.318 e. The minimum atomic E-state index is 0.0580. The average Bonchev–Trinajstić information content (AvgIpc) is 2.72. The van der Waals surface area contributed by atoms with Gasteiger partial charge in [0.2, 0.25) is 0 Å². The molecule has 2 rings (SSSR count). The predicted molar refractivity (Wildman–Crippen MR) is 72.5 cm³/mol. The van der Waals surface area contributed by atoms with Crippen molar-refractivity contribution in [1.82, 2.24) is 15.1 Å². The van der Waals surface area contributed by atoms with E-state index in [1.807, 2.05) is 23.1 Å². The molecule has 4 heteroatoms. The van der Waals surface area contributed by atoms with E-state index in [1.165, 1.54) is 5.56 Å². The number of urea groups is 1. The van der Waals surface area contributed by atoms with Gasteiger partial charge in [-0.05, 0) is 32.6 Å². The number of amides is 2. The maximum atomic E-state index is 11.8. The fourth-order valence-corrected chi connectivity index (χ4v) is 2.32. The molecule has 0 radical (unpaired) electrons. The van der Waals surface area contributed by atoms with Crippen LogP contribution in [0.4, 0.5) is 4.79 Å². The van der Waals surface area contributed by atoms with Gasteiger partial charge in [0.15, 0.2) is 0 Å². The third-order valence-corrected chi connectivity index (χ3v) is 3.27. The Hall–Kier alpha value is -1.55. The first-order chi connectivity index (χ1) is 8.68. The van der Waals surface area contributed by atoms with Crippen molar-refractivity contribution in [1.29, 1.82) is 0 Å². The summed E-state index contributed by atoms with van der Waals surface area (Å²) in [5, 5.41) is 2.93. The first kappa shape index (κ1) is 12.9. The van der Waals surface area contributed by atoms with E-state index in [4.69, 9.17) is 0 Å². The number of benzene rings is 1. The van der Waals surface area contributed by atoms with Crippen LogP contribution in [0, 0.1) is 0 Å². The van der Waals surface area contributed by atoms with E-state index < -0.39 is 0 Å². The van der Waals surface area contributed by atoms with Crippen LogP contribution in [0.1, 0.15) is 18.0 Å². The molecule has 1 atom stereocenters. The topological polar surface area (TPSA) is 35.6 Å². The number of nitrogens with zero attached hydrogens (tertiary/aromatic N) is 2. The van der Waals surface area contributed by atoms with Crippen LogP contribution in [0.2, 0.25) is 0 Å². The van der Waals surface area contributed by atoms with E-state index in [0.717, 1.165) is 19.5 Å². The molecule has 0 spiro atoms. The van der Waals surface area contributed by atoms with Crippen LogP contribution in [0.25, 0.3) is 0 Å². The van der Waals surface area contributed by atoms with Crippen molar-refractivity contribution in [2.24, 2.45) is 0 Å². The predicted octanol–water partition coefficient (Wildman–Crippen LogP) is 1.70. The maximum absolute atomic E-state index is 11.8. The van der Waals surface area contributed by atoms with Crippen LogP contribution in [0.15, 0.2) is 30.3 Å². The lowest BCUT2D eigenvalue weighted by Crippen LogP contribution is -2.32. The van der Waals surface area contributed by atoms with Crippen LogP contribution in [-0.4, -0.2) is 49.6 Å². The summed E-state index contributed by atoms with van der Waals surface area (Å²) in [7, 11) is 4.11. The van der Waals surface area contributed by atoms with Gasteiger partial charge in [0.25, 0.3) is 0 Å². The molecule has 1 unspecified atom stereocenters. The van der Waals surface area contributed by atoms with Crippen molar-refractivity contribution in [3.63, 3.8) is 0 Å². The van der Waals surface area contributed by atoms with Crippen molar-refractivity contribution < 1.29 is 4.79 Å². The second kappa shape index (κ2) is 5.87. The Morgan fingerprint density at radius 1 is 1.33 bits per heavy atom. The molecule has 0 bridgehead atoms. The number of rotatable bonds is 5. The zero-order valence-corrected chi connectivity index (χ0v) is 11.1. The van der Waals surface area contributed by atoms with Crippen molar-refractivity contribution >= 4 is 6.03 Å². The Balaban J connectivity index is 1.99. The van der Waals surface area contributed by atoms with Gasteiger partial charge in [0.05, 0.1) is 6.04 Å². The van der Waals surface area contributed by atoms with Crippen molar-refractivity contribution in [3.05, 3.63) is 35.9 Å². The van der Waals surface area contributed by atoms with Gasteiger partial charge in [-0.1, -0.05) is 30.3 Å². The molecule has 18 heavy (non-hydrogen) atoms. The number of hydrogen-bond acceptors (Lipinski definition) is 2. The highest BCUT2D eigenvalue weighted by atomic mass is 16.2. The third-order valence-electron chi connectivity index (χ3n) is 3.27. The largest absolute Gasteiger partial charge is 0.336 e. The van der Waals surface area contributed by atoms with Gasteiger partial charge >= 0.3 is 6.03 Å². The van der Waals surface area contributed by atoms with Crippen LogP contribution >= 0.6 is 0 Å². The summed E-state index contributed by atoms with van der Waals surface area (Å²) in [4.78, 5) is 15.9. The van der Waals surface area contributed by atoms with E-state index in [1.54, 1.807) is 0 Å². The minimum Gasteiger partial charge on any atom is -0.336 e. The van der Waals surface area contributed by atoms with Crippen molar-refractivity contribution in [2.75, 3.05) is 33.7 Å². The molecule has 1 N–H and O–H groups in total. The highest BCUT2D eigenvalue weighted by Crippen LogP contribution is 2.24. The summed E-state index contributed by atoms with van der Waals surface area (Å²) < 4.78 is 0. The van der Waals surface area contributed by atoms with Crippen LogP contribution in [0.3, 0.4) is 0 Å². The molecule has 1 aliphatic rings. The zero-order valence-electron chi connectivity index (χ0n) is 11.1. The standard InChI is InChI=1S/C14H21N3O/c1-16(2)9-6-10-17-13(11-15-14(17)18)12-7-4-3-5-8-12/h3-5,7-8,13H,6,9-11H2,1-2H3,(H,15,18). The molecular formula is C14H21N3O. The Labute approximate surface area is 109 Å². The molecular weight excluding hydrogens is 226 g/mol. The maximum Gasteiger partial charge on any atom is 0.318 e. The Morgan fingerprint density at radius 2 is 2.06 bits per heavy atom. The fraction of sp³-hybridized carbons (Fsp3) is 0.500. The Morgan fingerprint density at radius 3 is 2.72 bits per heavy atom. The highest BCUT2D eigenvalue weighted by Gasteiger charge is 2.30. The van der Waals surface area contributed by atoms with Crippen LogP contribution < -0.4 is 5.32 Å². The molecule has 0 saturated carbocycles. The van der Waals surface area contributed by atoms with Crippen LogP contribution in [-0.2, 0) is 0 Å². The summed E-state index contributed by atoms with van der Waals surface area (Å²) in [5.41, 5.74) is 1.21. The van der Waals surface area contributed by atoms with Gasteiger partial charge in [-0.15, -0.1) is 0 Å². The van der Waals surface area contributed by atoms with E-state index in [9.17, 15) is 4.79 Å². The molecule has 0 aliphatic carbocycles. The fourth-order valence-electron chi connectivity index (χ4n) is 2.32. The van der Waals surface area contributed by atoms with Gasteiger partial charge in [-0.3, -0.25) is 0 Å². The molecule has 1 aliphatic heterocycles. The van der Waals surface area contributed by atoms with Crippen molar-refractivity contribution in [3.8, 4) is 0 Å². The summed E-state index contributed by atoms with van der Waals surface area (Å²) in [6.45, 7) is 2.53. The van der Waals surface area contributed by atoms with Crippen LogP contribution in [0.5, 0.6) is 0 Å². The molecule has 1 aromatic carbocycles. The van der Waals surface area contributed by atoms with E-state index in [2.05, 4.69) is 36.4 Å². The first-order valence-electron chi connectivity index (χ1n) is 6.42. The minimum absolute atomic E-state index is 0.0580. The molecule has 4 nitrogen and oxygen atoms in total. The highest BCUT2D eigenvalue weighted by molar-refractivity contribution is 5.77. The van der Waals surface area contributed by atoms with Gasteiger partial charge in [-0.25, -0.2) is 4.79 Å². The number of nitrogens with one attached hydrogen (secondary N) is 1. The molecule has 98 valence electrons. The summed E-state index contributed by atoms with van der Waals surface area (Å²) >= 11 is 0. The number of carbonyl (C=O) groups excluding carboxylic acids is 1. The molecule has 1 heterocycles. The van der Waals surface area contributed by atoms with Gasteiger partial charge < -0.3 is 15.1 Å². The van der Waals surface area contributed by atoms with E-state index in [-0.39, 0.29) is 12.1 Å².